The maximum Gasteiger partial charge on any atom is 0.155 e. The van der Waals surface area contributed by atoms with Gasteiger partial charge in [-0.2, -0.15) is 0 Å². The number of phenols is 2. The Kier molecular flexibility index (Phi) is 8.20. The molecular formula is C18H10Cl2CuI2N2O2. The van der Waals surface area contributed by atoms with E-state index >= 15 is 0 Å². The van der Waals surface area contributed by atoms with E-state index in [1.54, 1.807) is 36.7 Å². The summed E-state index contributed by atoms with van der Waals surface area (Å²) >= 11 is 16.0. The van der Waals surface area contributed by atoms with Gasteiger partial charge in [0.15, 0.2) is 11.5 Å². The Morgan fingerprint density at radius 1 is 0.741 bits per heavy atom. The van der Waals surface area contributed by atoms with Crippen molar-refractivity contribution in [3.63, 3.8) is 0 Å². The summed E-state index contributed by atoms with van der Waals surface area (Å²) in [6.45, 7) is 0. The molecular weight excluding hydrogens is 665 g/mol. The van der Waals surface area contributed by atoms with Gasteiger partial charge in [-0.1, -0.05) is 23.2 Å². The van der Waals surface area contributed by atoms with Gasteiger partial charge in [-0.15, -0.1) is 0 Å². The Balaban J connectivity index is 0.000000187. The fourth-order valence-electron chi connectivity index (χ4n) is 2.31. The number of phenolic OH excluding ortho intramolecular Hbond substituents is 2. The van der Waals surface area contributed by atoms with E-state index in [9.17, 15) is 10.2 Å². The van der Waals surface area contributed by atoms with Crippen molar-refractivity contribution < 1.29 is 27.3 Å². The van der Waals surface area contributed by atoms with Crippen LogP contribution in [0.5, 0.6) is 11.5 Å². The van der Waals surface area contributed by atoms with E-state index < -0.39 is 0 Å². The average molecular weight is 675 g/mol. The number of fused-ring (bicyclic) bond motifs is 2. The second kappa shape index (κ2) is 9.75. The molecule has 0 saturated heterocycles. The summed E-state index contributed by atoms with van der Waals surface area (Å²) in [5, 5.41) is 22.1. The van der Waals surface area contributed by atoms with E-state index in [1.807, 2.05) is 57.3 Å². The molecule has 0 aliphatic carbocycles. The molecule has 4 nitrogen and oxygen atoms in total. The SMILES string of the molecule is Oc1c(I)cc(Cl)c2cccnc12.Oc1c(I)cc(Cl)c2cccnc12.[64Cu]. The number of hydrogen-bond acceptors (Lipinski definition) is 4. The minimum Gasteiger partial charge on any atom is -0.505 e. The van der Waals surface area contributed by atoms with Gasteiger partial charge in [0.05, 0.1) is 17.2 Å². The smallest absolute Gasteiger partial charge is 0.155 e. The molecule has 0 aliphatic rings. The van der Waals surface area contributed by atoms with Crippen molar-refractivity contribution in [1.82, 2.24) is 9.97 Å². The van der Waals surface area contributed by atoms with Crippen LogP contribution in [0.3, 0.4) is 0 Å². The molecule has 2 aromatic carbocycles. The predicted molar refractivity (Wildman–Crippen MR) is 122 cm³/mol. The van der Waals surface area contributed by atoms with Crippen LogP contribution in [0.4, 0.5) is 0 Å². The van der Waals surface area contributed by atoms with E-state index in [-0.39, 0.29) is 28.6 Å². The summed E-state index contributed by atoms with van der Waals surface area (Å²) in [7, 11) is 0. The molecule has 143 valence electrons. The first kappa shape index (κ1) is 22.7. The van der Waals surface area contributed by atoms with Crippen molar-refractivity contribution in [1.29, 1.82) is 0 Å². The summed E-state index contributed by atoms with van der Waals surface area (Å²) in [6, 6.07) is 10.7. The van der Waals surface area contributed by atoms with Crippen LogP contribution in [0.25, 0.3) is 21.8 Å². The van der Waals surface area contributed by atoms with Crippen molar-refractivity contribution in [2.75, 3.05) is 0 Å². The minimum atomic E-state index is 0. The zero-order valence-corrected chi connectivity index (χ0v) is 20.0. The number of aromatic hydroxyl groups is 2. The molecule has 9 heteroatoms. The van der Waals surface area contributed by atoms with Crippen LogP contribution in [-0.2, 0) is 17.1 Å². The first-order valence-electron chi connectivity index (χ1n) is 7.23. The van der Waals surface area contributed by atoms with Gasteiger partial charge in [-0.05, 0) is 81.6 Å². The molecule has 4 rings (SSSR count). The van der Waals surface area contributed by atoms with Crippen LogP contribution in [0.1, 0.15) is 0 Å². The topological polar surface area (TPSA) is 66.2 Å². The molecule has 0 saturated carbocycles. The molecule has 0 bridgehead atoms. The van der Waals surface area contributed by atoms with Crippen LogP contribution in [-0.4, -0.2) is 20.2 Å². The number of halogens is 4. The van der Waals surface area contributed by atoms with Gasteiger partial charge < -0.3 is 10.2 Å². The molecule has 27 heavy (non-hydrogen) atoms. The standard InChI is InChI=1S/2C9H5ClINO.Cu/c2*10-6-4-7(11)9(13)8-5(6)2-1-3-12-8;/h2*1-4,13H;/i;;1+0. The summed E-state index contributed by atoms with van der Waals surface area (Å²) in [5.41, 5.74) is 1.11. The van der Waals surface area contributed by atoms with Crippen molar-refractivity contribution in [2.24, 2.45) is 0 Å². The summed E-state index contributed by atoms with van der Waals surface area (Å²) in [4.78, 5) is 8.13. The zero-order valence-electron chi connectivity index (χ0n) is 13.2. The predicted octanol–water partition coefficient (Wildman–Crippen LogP) is 6.39. The number of benzene rings is 2. The molecule has 0 atom stereocenters. The minimum absolute atomic E-state index is 0. The van der Waals surface area contributed by atoms with Crippen molar-refractivity contribution in [2.45, 2.75) is 0 Å². The second-order valence-electron chi connectivity index (χ2n) is 5.18. The van der Waals surface area contributed by atoms with E-state index in [0.29, 0.717) is 28.2 Å². The third kappa shape index (κ3) is 4.89. The van der Waals surface area contributed by atoms with E-state index in [4.69, 9.17) is 23.2 Å². The zero-order chi connectivity index (χ0) is 18.8. The van der Waals surface area contributed by atoms with Crippen molar-refractivity contribution in [3.05, 3.63) is 66.0 Å². The van der Waals surface area contributed by atoms with Crippen molar-refractivity contribution >= 4 is 90.2 Å². The fourth-order valence-corrected chi connectivity index (χ4v) is 4.34. The van der Waals surface area contributed by atoms with Gasteiger partial charge in [0.25, 0.3) is 0 Å². The Labute approximate surface area is 203 Å². The number of hydrogen-bond donors (Lipinski definition) is 2. The quantitative estimate of drug-likeness (QED) is 0.168. The second-order valence-corrected chi connectivity index (χ2v) is 8.32. The molecule has 0 amide bonds. The molecule has 2 N–H and O–H groups in total. The number of pyridine rings is 2. The molecule has 0 spiro atoms. The summed E-state index contributed by atoms with van der Waals surface area (Å²) in [5.74, 6) is 0.390. The van der Waals surface area contributed by atoms with Gasteiger partial charge >= 0.3 is 0 Å². The maximum atomic E-state index is 9.65. The number of nitrogens with zero attached hydrogens (tertiary/aromatic N) is 2. The van der Waals surface area contributed by atoms with Gasteiger partial charge in [-0.3, -0.25) is 9.97 Å². The molecule has 0 aliphatic heterocycles. The van der Waals surface area contributed by atoms with Gasteiger partial charge in [-0.25, -0.2) is 0 Å². The molecule has 1 radical (unpaired) electrons. The van der Waals surface area contributed by atoms with Crippen LogP contribution in [0, 0.1) is 7.14 Å². The van der Waals surface area contributed by atoms with Gasteiger partial charge in [0, 0.05) is 40.2 Å². The normalized spacial score (nSPS) is 10.2. The van der Waals surface area contributed by atoms with E-state index in [1.165, 1.54) is 0 Å². The van der Waals surface area contributed by atoms with E-state index in [0.717, 1.165) is 10.8 Å². The Morgan fingerprint density at radius 2 is 1.11 bits per heavy atom. The van der Waals surface area contributed by atoms with Crippen LogP contribution < -0.4 is 0 Å². The molecule has 4 aromatic rings. The maximum absolute atomic E-state index is 9.65. The summed E-state index contributed by atoms with van der Waals surface area (Å²) < 4.78 is 1.43. The van der Waals surface area contributed by atoms with Gasteiger partial charge in [0.1, 0.15) is 11.0 Å². The molecule has 0 fully saturated rings. The molecule has 2 aromatic heterocycles. The van der Waals surface area contributed by atoms with E-state index in [2.05, 4.69) is 9.97 Å². The molecule has 0 unspecified atom stereocenters. The largest absolute Gasteiger partial charge is 0.505 e. The van der Waals surface area contributed by atoms with Crippen molar-refractivity contribution in [3.8, 4) is 11.5 Å². The monoisotopic (exact) mass is 674 g/mol. The third-order valence-corrected chi connectivity index (χ3v) is 5.81. The van der Waals surface area contributed by atoms with Crippen LogP contribution in [0.2, 0.25) is 10.0 Å². The fraction of sp³-hybridized carbons (Fsp3) is 0. The van der Waals surface area contributed by atoms with Crippen LogP contribution >= 0.6 is 68.4 Å². The summed E-state index contributed by atoms with van der Waals surface area (Å²) in [6.07, 6.45) is 3.27. The van der Waals surface area contributed by atoms with Crippen LogP contribution in [0.15, 0.2) is 48.8 Å². The Bertz CT molecular complexity index is 1040. The van der Waals surface area contributed by atoms with Gasteiger partial charge in [0.2, 0.25) is 0 Å². The Morgan fingerprint density at radius 3 is 1.48 bits per heavy atom. The molecule has 2 heterocycles. The number of rotatable bonds is 0. The first-order chi connectivity index (χ1) is 12.4. The Hall–Kier alpha value is -0.581. The number of aromatic nitrogens is 2. The average Bonchev–Trinajstić information content (AvgIpc) is 2.65. The third-order valence-electron chi connectivity index (χ3n) is 3.54. The first-order valence-corrected chi connectivity index (χ1v) is 10.1.